The lowest BCUT2D eigenvalue weighted by molar-refractivity contribution is 0.537. The molecule has 1 aromatic heterocycles. The fraction of sp³-hybridized carbons (Fsp3) is 0. The van der Waals surface area contributed by atoms with Crippen molar-refractivity contribution in [3.05, 3.63) is 34.4 Å². The average molecular weight is 261 g/mol. The van der Waals surface area contributed by atoms with E-state index in [-0.39, 0.29) is 9.92 Å². The first-order chi connectivity index (χ1) is 7.09. The summed E-state index contributed by atoms with van der Waals surface area (Å²) in [7, 11) is 0. The van der Waals surface area contributed by atoms with E-state index in [1.807, 2.05) is 0 Å². The number of benzene rings is 1. The second kappa shape index (κ2) is 4.06. The Kier molecular flexibility index (Phi) is 2.93. The number of nitrogens with zero attached hydrogens (tertiary/aromatic N) is 1. The Morgan fingerprint density at radius 1 is 1.27 bits per heavy atom. The summed E-state index contributed by atoms with van der Waals surface area (Å²) < 4.78 is 21.7. The van der Waals surface area contributed by atoms with Gasteiger partial charge >= 0.3 is 0 Å². The third-order valence-corrected chi connectivity index (χ3v) is 3.37. The van der Waals surface area contributed by atoms with Crippen LogP contribution in [0, 0.1) is 0 Å². The minimum atomic E-state index is -2.37. The Labute approximate surface area is 98.3 Å². The predicted molar refractivity (Wildman–Crippen MR) is 58.9 cm³/mol. The van der Waals surface area contributed by atoms with E-state index in [1.165, 1.54) is 18.3 Å². The number of hydrogen-bond acceptors (Lipinski definition) is 3. The molecule has 1 unspecified atom stereocenters. The molecule has 15 heavy (non-hydrogen) atoms. The van der Waals surface area contributed by atoms with E-state index in [4.69, 9.17) is 23.2 Å². The molecule has 0 radical (unpaired) electrons. The maximum absolute atomic E-state index is 10.8. The molecule has 0 aliphatic carbocycles. The normalized spacial score (nSPS) is 13.0. The van der Waals surface area contributed by atoms with Crippen LogP contribution in [0.25, 0.3) is 10.9 Å². The Bertz CT molecular complexity index is 559. The lowest BCUT2D eigenvalue weighted by Gasteiger charge is -2.09. The van der Waals surface area contributed by atoms with Crippen LogP contribution in [0.2, 0.25) is 10.0 Å². The standard InChI is InChI=1S/C9H5Cl2NO2S/c10-6-1-2-12-8-4-7(11)9(15(13)14)3-5(6)8/h1-4H,(H,13,14)/p-1. The van der Waals surface area contributed by atoms with Crippen LogP contribution in [0.1, 0.15) is 0 Å². The second-order valence-electron chi connectivity index (χ2n) is 2.83. The first-order valence-corrected chi connectivity index (χ1v) is 5.75. The first-order valence-electron chi connectivity index (χ1n) is 3.92. The SMILES string of the molecule is O=S([O-])c1cc2c(Cl)ccnc2cc1Cl. The second-order valence-corrected chi connectivity index (χ2v) is 4.55. The highest BCUT2D eigenvalue weighted by Crippen LogP contribution is 2.28. The molecule has 1 atom stereocenters. The molecule has 0 saturated carbocycles. The van der Waals surface area contributed by atoms with Crippen LogP contribution < -0.4 is 0 Å². The van der Waals surface area contributed by atoms with Crippen LogP contribution in [0.4, 0.5) is 0 Å². The van der Waals surface area contributed by atoms with Crippen LogP contribution in [0.5, 0.6) is 0 Å². The third kappa shape index (κ3) is 1.99. The Morgan fingerprint density at radius 3 is 2.67 bits per heavy atom. The van der Waals surface area contributed by atoms with Gasteiger partial charge in [0.05, 0.1) is 15.6 Å². The van der Waals surface area contributed by atoms with Crippen molar-refractivity contribution in [3.8, 4) is 0 Å². The largest absolute Gasteiger partial charge is 0.768 e. The molecule has 0 aliphatic heterocycles. The highest BCUT2D eigenvalue weighted by Gasteiger charge is 2.06. The number of pyridine rings is 1. The topological polar surface area (TPSA) is 53.0 Å². The molecule has 0 N–H and O–H groups in total. The number of aromatic nitrogens is 1. The lowest BCUT2D eigenvalue weighted by Crippen LogP contribution is -1.91. The first kappa shape index (κ1) is 10.8. The van der Waals surface area contributed by atoms with Crippen LogP contribution in [-0.2, 0) is 11.1 Å². The number of hydrogen-bond donors (Lipinski definition) is 0. The van der Waals surface area contributed by atoms with Gasteiger partial charge in [-0.15, -0.1) is 0 Å². The summed E-state index contributed by atoms with van der Waals surface area (Å²) in [6.07, 6.45) is 1.54. The number of fused-ring (bicyclic) bond motifs is 1. The van der Waals surface area contributed by atoms with Gasteiger partial charge < -0.3 is 4.55 Å². The van der Waals surface area contributed by atoms with Crippen molar-refractivity contribution >= 4 is 45.2 Å². The average Bonchev–Trinajstić information content (AvgIpc) is 2.16. The van der Waals surface area contributed by atoms with Crippen LogP contribution >= 0.6 is 23.2 Å². The minimum Gasteiger partial charge on any atom is -0.768 e. The molecular weight excluding hydrogens is 257 g/mol. The molecule has 0 aliphatic rings. The minimum absolute atomic E-state index is 0.0269. The van der Waals surface area contributed by atoms with Gasteiger partial charge in [-0.1, -0.05) is 23.2 Å². The molecule has 1 heterocycles. The van der Waals surface area contributed by atoms with E-state index in [9.17, 15) is 8.76 Å². The summed E-state index contributed by atoms with van der Waals surface area (Å²) in [4.78, 5) is 4.06. The summed E-state index contributed by atoms with van der Waals surface area (Å²) in [5.74, 6) is 0. The third-order valence-electron chi connectivity index (χ3n) is 1.92. The highest BCUT2D eigenvalue weighted by atomic mass is 35.5. The van der Waals surface area contributed by atoms with Crippen molar-refractivity contribution in [1.82, 2.24) is 4.98 Å². The molecule has 2 aromatic rings. The van der Waals surface area contributed by atoms with E-state index in [2.05, 4.69) is 4.98 Å². The lowest BCUT2D eigenvalue weighted by atomic mass is 10.2. The molecule has 3 nitrogen and oxygen atoms in total. The molecule has 0 amide bonds. The van der Waals surface area contributed by atoms with Crippen molar-refractivity contribution in [1.29, 1.82) is 0 Å². The van der Waals surface area contributed by atoms with Crippen molar-refractivity contribution in [2.75, 3.05) is 0 Å². The van der Waals surface area contributed by atoms with Gasteiger partial charge in [0, 0.05) is 16.5 Å². The molecule has 0 saturated heterocycles. The fourth-order valence-electron chi connectivity index (χ4n) is 1.24. The summed E-state index contributed by atoms with van der Waals surface area (Å²) in [6, 6.07) is 4.49. The fourth-order valence-corrected chi connectivity index (χ4v) is 2.23. The van der Waals surface area contributed by atoms with E-state index < -0.39 is 11.1 Å². The molecule has 0 fully saturated rings. The molecule has 1 aromatic carbocycles. The smallest absolute Gasteiger partial charge is 0.0732 e. The quantitative estimate of drug-likeness (QED) is 0.741. The Balaban J connectivity index is 2.83. The van der Waals surface area contributed by atoms with Crippen LogP contribution in [0.3, 0.4) is 0 Å². The van der Waals surface area contributed by atoms with Crippen molar-refractivity contribution in [3.63, 3.8) is 0 Å². The van der Waals surface area contributed by atoms with E-state index >= 15 is 0 Å². The molecule has 2 rings (SSSR count). The zero-order chi connectivity index (χ0) is 11.0. The van der Waals surface area contributed by atoms with Gasteiger partial charge in [-0.3, -0.25) is 9.19 Å². The van der Waals surface area contributed by atoms with Gasteiger partial charge in [0.1, 0.15) is 0 Å². The summed E-state index contributed by atoms with van der Waals surface area (Å²) in [6.45, 7) is 0. The molecule has 0 bridgehead atoms. The van der Waals surface area contributed by atoms with Gasteiger partial charge in [0.25, 0.3) is 0 Å². The highest BCUT2D eigenvalue weighted by molar-refractivity contribution is 7.79. The van der Waals surface area contributed by atoms with Gasteiger partial charge in [-0.05, 0) is 29.3 Å². The van der Waals surface area contributed by atoms with Crippen LogP contribution in [0.15, 0.2) is 29.3 Å². The van der Waals surface area contributed by atoms with Gasteiger partial charge in [-0.25, -0.2) is 0 Å². The zero-order valence-electron chi connectivity index (χ0n) is 7.24. The molecule has 6 heteroatoms. The predicted octanol–water partition coefficient (Wildman–Crippen LogP) is 2.78. The Morgan fingerprint density at radius 2 is 2.00 bits per heavy atom. The maximum Gasteiger partial charge on any atom is 0.0732 e. The number of halogens is 2. The van der Waals surface area contributed by atoms with E-state index in [1.54, 1.807) is 6.07 Å². The van der Waals surface area contributed by atoms with E-state index in [0.29, 0.717) is 15.9 Å². The summed E-state index contributed by atoms with van der Waals surface area (Å²) in [5.41, 5.74) is 0.571. The van der Waals surface area contributed by atoms with Crippen molar-refractivity contribution in [2.45, 2.75) is 4.90 Å². The van der Waals surface area contributed by atoms with Crippen molar-refractivity contribution < 1.29 is 8.76 Å². The van der Waals surface area contributed by atoms with Gasteiger partial charge in [0.15, 0.2) is 0 Å². The van der Waals surface area contributed by atoms with E-state index in [0.717, 1.165) is 0 Å². The summed E-state index contributed by atoms with van der Waals surface area (Å²) in [5, 5.41) is 1.16. The molecular formula is C9H4Cl2NO2S-. The van der Waals surface area contributed by atoms with Crippen LogP contribution in [-0.4, -0.2) is 13.7 Å². The van der Waals surface area contributed by atoms with Gasteiger partial charge in [0.2, 0.25) is 0 Å². The monoisotopic (exact) mass is 260 g/mol. The molecule has 0 spiro atoms. The molecule has 78 valence electrons. The van der Waals surface area contributed by atoms with Crippen molar-refractivity contribution in [2.24, 2.45) is 0 Å². The number of rotatable bonds is 1. The zero-order valence-corrected chi connectivity index (χ0v) is 9.57. The Hall–Kier alpha value is -0.680. The summed E-state index contributed by atoms with van der Waals surface area (Å²) >= 11 is 9.30. The maximum atomic E-state index is 10.8. The van der Waals surface area contributed by atoms with Gasteiger partial charge in [-0.2, -0.15) is 0 Å².